The highest BCUT2D eigenvalue weighted by molar-refractivity contribution is 9.10. The Labute approximate surface area is 120 Å². The summed E-state index contributed by atoms with van der Waals surface area (Å²) in [5, 5.41) is 0. The van der Waals surface area contributed by atoms with Gasteiger partial charge in [0.25, 0.3) is 0 Å². The largest absolute Gasteiger partial charge is 0.371 e. The van der Waals surface area contributed by atoms with Crippen LogP contribution in [0.15, 0.2) is 22.7 Å². The van der Waals surface area contributed by atoms with E-state index in [1.165, 1.54) is 11.3 Å². The monoisotopic (exact) mass is 312 g/mol. The normalized spacial score (nSPS) is 12.8. The van der Waals surface area contributed by atoms with E-state index in [-0.39, 0.29) is 6.04 Å². The van der Waals surface area contributed by atoms with Crippen molar-refractivity contribution >= 4 is 21.6 Å². The van der Waals surface area contributed by atoms with Gasteiger partial charge in [-0.3, -0.25) is 0 Å². The van der Waals surface area contributed by atoms with Gasteiger partial charge in [-0.25, -0.2) is 0 Å². The second-order valence-corrected chi connectivity index (χ2v) is 6.30. The molecule has 0 spiro atoms. The highest BCUT2D eigenvalue weighted by Crippen LogP contribution is 2.26. The summed E-state index contributed by atoms with van der Waals surface area (Å²) in [4.78, 5) is 2.44. The SMILES string of the molecule is CCN(CC(C)C)c1cc(Br)ccc1CC(C)N. The fourth-order valence-corrected chi connectivity index (χ4v) is 2.54. The molecule has 0 amide bonds. The number of benzene rings is 1. The molecule has 2 N–H and O–H groups in total. The van der Waals surface area contributed by atoms with Crippen molar-refractivity contribution in [2.75, 3.05) is 18.0 Å². The lowest BCUT2D eigenvalue weighted by Gasteiger charge is -2.28. The lowest BCUT2D eigenvalue weighted by Crippen LogP contribution is -2.29. The van der Waals surface area contributed by atoms with Gasteiger partial charge in [-0.05, 0) is 43.9 Å². The van der Waals surface area contributed by atoms with E-state index >= 15 is 0 Å². The van der Waals surface area contributed by atoms with Crippen LogP contribution in [0.25, 0.3) is 0 Å². The number of hydrogen-bond acceptors (Lipinski definition) is 2. The molecule has 0 saturated heterocycles. The van der Waals surface area contributed by atoms with E-state index in [4.69, 9.17) is 5.73 Å². The van der Waals surface area contributed by atoms with Crippen LogP contribution in [0.2, 0.25) is 0 Å². The minimum absolute atomic E-state index is 0.197. The Hall–Kier alpha value is -0.540. The first-order valence-electron chi connectivity index (χ1n) is 6.73. The molecule has 1 unspecified atom stereocenters. The van der Waals surface area contributed by atoms with Gasteiger partial charge in [-0.1, -0.05) is 35.8 Å². The highest BCUT2D eigenvalue weighted by atomic mass is 79.9. The first-order chi connectivity index (χ1) is 8.43. The van der Waals surface area contributed by atoms with Crippen molar-refractivity contribution in [1.82, 2.24) is 0 Å². The van der Waals surface area contributed by atoms with Crippen LogP contribution >= 0.6 is 15.9 Å². The summed E-state index contributed by atoms with van der Waals surface area (Å²) >= 11 is 3.57. The number of rotatable bonds is 6. The van der Waals surface area contributed by atoms with Gasteiger partial charge in [0.2, 0.25) is 0 Å². The average molecular weight is 313 g/mol. The van der Waals surface area contributed by atoms with E-state index in [2.05, 4.69) is 66.7 Å². The standard InChI is InChI=1S/C15H25BrN2/c1-5-18(10-11(2)3)15-9-14(16)7-6-13(15)8-12(4)17/h6-7,9,11-12H,5,8,10,17H2,1-4H3. The predicted molar refractivity (Wildman–Crippen MR) is 84.2 cm³/mol. The van der Waals surface area contributed by atoms with Gasteiger partial charge in [0, 0.05) is 29.3 Å². The third-order valence-corrected chi connectivity index (χ3v) is 3.39. The first-order valence-corrected chi connectivity index (χ1v) is 7.52. The molecule has 0 saturated carbocycles. The molecule has 0 bridgehead atoms. The van der Waals surface area contributed by atoms with Crippen LogP contribution in [0.5, 0.6) is 0 Å². The minimum atomic E-state index is 0.197. The molecule has 0 aliphatic rings. The topological polar surface area (TPSA) is 29.3 Å². The molecule has 1 atom stereocenters. The molecule has 0 heterocycles. The Morgan fingerprint density at radius 3 is 2.44 bits per heavy atom. The van der Waals surface area contributed by atoms with E-state index in [1.54, 1.807) is 0 Å². The summed E-state index contributed by atoms with van der Waals surface area (Å²) < 4.78 is 1.13. The van der Waals surface area contributed by atoms with Crippen molar-refractivity contribution in [3.63, 3.8) is 0 Å². The second-order valence-electron chi connectivity index (χ2n) is 5.39. The molecule has 3 heteroatoms. The maximum atomic E-state index is 5.94. The maximum absolute atomic E-state index is 5.94. The first kappa shape index (κ1) is 15.5. The lowest BCUT2D eigenvalue weighted by molar-refractivity contribution is 0.615. The summed E-state index contributed by atoms with van der Waals surface area (Å²) in [6.45, 7) is 10.9. The summed E-state index contributed by atoms with van der Waals surface area (Å²) in [7, 11) is 0. The molecule has 2 nitrogen and oxygen atoms in total. The number of nitrogens with two attached hydrogens (primary N) is 1. The molecular weight excluding hydrogens is 288 g/mol. The molecule has 102 valence electrons. The average Bonchev–Trinajstić information content (AvgIpc) is 2.27. The van der Waals surface area contributed by atoms with Crippen molar-refractivity contribution in [2.24, 2.45) is 11.7 Å². The Balaban J connectivity index is 3.05. The molecule has 18 heavy (non-hydrogen) atoms. The summed E-state index contributed by atoms with van der Waals surface area (Å²) in [5.41, 5.74) is 8.60. The van der Waals surface area contributed by atoms with Crippen LogP contribution in [-0.4, -0.2) is 19.1 Å². The van der Waals surface area contributed by atoms with Crippen LogP contribution < -0.4 is 10.6 Å². The van der Waals surface area contributed by atoms with Crippen LogP contribution in [0.3, 0.4) is 0 Å². The van der Waals surface area contributed by atoms with E-state index in [1.807, 2.05) is 0 Å². The number of hydrogen-bond donors (Lipinski definition) is 1. The van der Waals surface area contributed by atoms with Gasteiger partial charge in [-0.15, -0.1) is 0 Å². The fourth-order valence-electron chi connectivity index (χ4n) is 2.19. The van der Waals surface area contributed by atoms with Gasteiger partial charge in [0.1, 0.15) is 0 Å². The van der Waals surface area contributed by atoms with Crippen molar-refractivity contribution in [3.05, 3.63) is 28.2 Å². The third-order valence-electron chi connectivity index (χ3n) is 2.90. The zero-order chi connectivity index (χ0) is 13.7. The molecule has 0 aromatic heterocycles. The molecule has 0 radical (unpaired) electrons. The van der Waals surface area contributed by atoms with E-state index < -0.39 is 0 Å². The quantitative estimate of drug-likeness (QED) is 0.865. The van der Waals surface area contributed by atoms with Crippen LogP contribution in [0, 0.1) is 5.92 Å². The highest BCUT2D eigenvalue weighted by Gasteiger charge is 2.12. The van der Waals surface area contributed by atoms with Crippen molar-refractivity contribution < 1.29 is 0 Å². The van der Waals surface area contributed by atoms with Crippen LogP contribution in [-0.2, 0) is 6.42 Å². The third kappa shape index (κ3) is 4.62. The summed E-state index contributed by atoms with van der Waals surface area (Å²) in [5.74, 6) is 0.659. The predicted octanol–water partition coefficient (Wildman–Crippen LogP) is 3.82. The lowest BCUT2D eigenvalue weighted by atomic mass is 10.0. The molecule has 1 aromatic carbocycles. The van der Waals surface area contributed by atoms with Gasteiger partial charge in [0.15, 0.2) is 0 Å². The Morgan fingerprint density at radius 1 is 1.28 bits per heavy atom. The van der Waals surface area contributed by atoms with Crippen molar-refractivity contribution in [2.45, 2.75) is 40.2 Å². The number of anilines is 1. The summed E-state index contributed by atoms with van der Waals surface area (Å²) in [6.07, 6.45) is 0.928. The van der Waals surface area contributed by atoms with E-state index in [9.17, 15) is 0 Å². The van der Waals surface area contributed by atoms with Gasteiger partial charge >= 0.3 is 0 Å². The Kier molecular flexibility index (Phi) is 6.16. The smallest absolute Gasteiger partial charge is 0.0410 e. The zero-order valence-electron chi connectivity index (χ0n) is 11.9. The minimum Gasteiger partial charge on any atom is -0.371 e. The van der Waals surface area contributed by atoms with E-state index in [0.717, 1.165) is 24.0 Å². The Morgan fingerprint density at radius 2 is 1.94 bits per heavy atom. The maximum Gasteiger partial charge on any atom is 0.0410 e. The molecule has 0 fully saturated rings. The Bertz CT molecular complexity index is 375. The summed E-state index contributed by atoms with van der Waals surface area (Å²) in [6, 6.07) is 6.70. The molecular formula is C15H25BrN2. The number of halogens is 1. The van der Waals surface area contributed by atoms with Gasteiger partial charge in [0.05, 0.1) is 0 Å². The van der Waals surface area contributed by atoms with Crippen molar-refractivity contribution in [3.8, 4) is 0 Å². The van der Waals surface area contributed by atoms with Crippen molar-refractivity contribution in [1.29, 1.82) is 0 Å². The molecule has 1 aromatic rings. The molecule has 1 rings (SSSR count). The van der Waals surface area contributed by atoms with Crippen LogP contribution in [0.4, 0.5) is 5.69 Å². The fraction of sp³-hybridized carbons (Fsp3) is 0.600. The van der Waals surface area contributed by atoms with Crippen LogP contribution in [0.1, 0.15) is 33.3 Å². The molecule has 0 aliphatic heterocycles. The van der Waals surface area contributed by atoms with Gasteiger partial charge in [-0.2, -0.15) is 0 Å². The van der Waals surface area contributed by atoms with Gasteiger partial charge < -0.3 is 10.6 Å². The second kappa shape index (κ2) is 7.15. The molecule has 0 aliphatic carbocycles. The van der Waals surface area contributed by atoms with E-state index in [0.29, 0.717) is 5.92 Å². The number of nitrogens with zero attached hydrogens (tertiary/aromatic N) is 1. The zero-order valence-corrected chi connectivity index (χ0v) is 13.5.